The van der Waals surface area contributed by atoms with Gasteiger partial charge in [0.1, 0.15) is 0 Å². The largest absolute Gasteiger partial charge is 0.273 e. The summed E-state index contributed by atoms with van der Waals surface area (Å²) >= 11 is 0. The van der Waals surface area contributed by atoms with Crippen LogP contribution in [0.25, 0.3) is 0 Å². The zero-order valence-corrected chi connectivity index (χ0v) is 17.4. The number of rotatable bonds is 6. The molecule has 0 heterocycles. The first kappa shape index (κ1) is 20.5. The van der Waals surface area contributed by atoms with E-state index < -0.39 is 4.92 Å². The molecule has 31 heavy (non-hydrogen) atoms. The highest BCUT2D eigenvalue weighted by atomic mass is 16.6. The van der Waals surface area contributed by atoms with Gasteiger partial charge in [-0.1, -0.05) is 59.7 Å². The first-order valence-electron chi connectivity index (χ1n) is 10.1. The third kappa shape index (κ3) is 4.10. The summed E-state index contributed by atoms with van der Waals surface area (Å²) in [6.07, 6.45) is 2.21. The second-order valence-corrected chi connectivity index (χ2v) is 8.05. The van der Waals surface area contributed by atoms with Crippen molar-refractivity contribution in [3.8, 4) is 0 Å². The predicted molar refractivity (Wildman–Crippen MR) is 120 cm³/mol. The van der Waals surface area contributed by atoms with Gasteiger partial charge in [0.25, 0.3) is 5.69 Å². The molecule has 4 rings (SSSR count). The number of carbonyl (C=O) groups is 1. The normalized spacial score (nSPS) is 16.8. The van der Waals surface area contributed by atoms with Crippen molar-refractivity contribution in [3.05, 3.63) is 111 Å². The molecule has 1 N–H and O–H groups in total. The van der Waals surface area contributed by atoms with Crippen molar-refractivity contribution < 1.29 is 9.72 Å². The molecule has 6 nitrogen and oxygen atoms in total. The minimum absolute atomic E-state index is 0.0141. The summed E-state index contributed by atoms with van der Waals surface area (Å²) in [5, 5.41) is 14.8. The number of nitrogens with zero attached hydrogens (tertiary/aromatic N) is 2. The minimum atomic E-state index is -0.452. The number of nitro groups is 1. The van der Waals surface area contributed by atoms with E-state index in [-0.39, 0.29) is 22.9 Å². The van der Waals surface area contributed by atoms with Gasteiger partial charge in [0.05, 0.1) is 17.1 Å². The zero-order valence-electron chi connectivity index (χ0n) is 17.4. The number of non-ortho nitro benzene ring substituents is 1. The lowest BCUT2D eigenvalue weighted by Gasteiger charge is -2.19. The average molecular weight is 413 g/mol. The van der Waals surface area contributed by atoms with E-state index in [0.717, 1.165) is 28.7 Å². The van der Waals surface area contributed by atoms with E-state index in [4.69, 9.17) is 0 Å². The highest BCUT2D eigenvalue weighted by Gasteiger charge is 2.60. The van der Waals surface area contributed by atoms with Crippen LogP contribution in [-0.2, 0) is 10.2 Å². The number of hydrogen-bond donors (Lipinski definition) is 1. The molecule has 1 saturated carbocycles. The fraction of sp³-hybridized carbons (Fsp3) is 0.200. The van der Waals surface area contributed by atoms with Crippen LogP contribution in [0, 0.1) is 29.9 Å². The number of carbonyl (C=O) groups excluding carboxylic acids is 1. The molecule has 0 aliphatic heterocycles. The monoisotopic (exact) mass is 413 g/mol. The van der Waals surface area contributed by atoms with E-state index in [1.165, 1.54) is 18.3 Å². The maximum Gasteiger partial charge on any atom is 0.269 e. The second kappa shape index (κ2) is 8.14. The van der Waals surface area contributed by atoms with Crippen molar-refractivity contribution in [1.29, 1.82) is 0 Å². The molecule has 1 aliphatic rings. The number of benzene rings is 3. The molecule has 0 saturated heterocycles. The molecular weight excluding hydrogens is 390 g/mol. The third-order valence-electron chi connectivity index (χ3n) is 5.84. The number of nitro benzene ring substituents is 1. The van der Waals surface area contributed by atoms with Crippen molar-refractivity contribution in [3.63, 3.8) is 0 Å². The van der Waals surface area contributed by atoms with Gasteiger partial charge in [0.15, 0.2) is 0 Å². The van der Waals surface area contributed by atoms with E-state index in [1.807, 2.05) is 12.1 Å². The maximum atomic E-state index is 13.0. The third-order valence-corrected chi connectivity index (χ3v) is 5.84. The standard InChI is InChI=1S/C25H23N3O3/c1-17-5-3-7-20(13-17)25(21-8-4-6-18(2)14-21)15-23(25)24(29)27-26-16-19-9-11-22(12-10-19)28(30)31/h3-14,16,23H,15H2,1-2H3,(H,27,29). The minimum Gasteiger partial charge on any atom is -0.273 e. The lowest BCUT2D eigenvalue weighted by Crippen LogP contribution is -2.25. The zero-order chi connectivity index (χ0) is 22.0. The molecule has 6 heteroatoms. The quantitative estimate of drug-likeness (QED) is 0.362. The Bertz CT molecular complexity index is 1120. The topological polar surface area (TPSA) is 84.6 Å². The average Bonchev–Trinajstić information content (AvgIpc) is 3.51. The number of hydrogen-bond acceptors (Lipinski definition) is 4. The fourth-order valence-electron chi connectivity index (χ4n) is 4.16. The number of amides is 1. The molecule has 0 bridgehead atoms. The molecule has 1 amide bonds. The molecule has 0 radical (unpaired) electrons. The van der Waals surface area contributed by atoms with Gasteiger partial charge in [0, 0.05) is 17.5 Å². The van der Waals surface area contributed by atoms with Gasteiger partial charge in [-0.15, -0.1) is 0 Å². The highest BCUT2D eigenvalue weighted by Crippen LogP contribution is 2.59. The van der Waals surface area contributed by atoms with Gasteiger partial charge in [-0.05, 0) is 49.1 Å². The maximum absolute atomic E-state index is 13.0. The number of nitrogens with one attached hydrogen (secondary N) is 1. The van der Waals surface area contributed by atoms with Gasteiger partial charge in [-0.2, -0.15) is 5.10 Å². The number of hydrazone groups is 1. The summed E-state index contributed by atoms with van der Waals surface area (Å²) in [4.78, 5) is 23.3. The van der Waals surface area contributed by atoms with Crippen molar-refractivity contribution in [2.75, 3.05) is 0 Å². The number of aryl methyl sites for hydroxylation is 2. The van der Waals surface area contributed by atoms with Crippen LogP contribution in [0.5, 0.6) is 0 Å². The van der Waals surface area contributed by atoms with E-state index in [1.54, 1.807) is 12.1 Å². The van der Waals surface area contributed by atoms with Crippen LogP contribution in [0.3, 0.4) is 0 Å². The Balaban J connectivity index is 1.54. The molecule has 1 atom stereocenters. The Labute approximate surface area is 180 Å². The van der Waals surface area contributed by atoms with Gasteiger partial charge >= 0.3 is 0 Å². The Hall–Kier alpha value is -3.80. The van der Waals surface area contributed by atoms with Crippen LogP contribution >= 0.6 is 0 Å². The van der Waals surface area contributed by atoms with Crippen molar-refractivity contribution in [2.45, 2.75) is 25.7 Å². The first-order valence-corrected chi connectivity index (χ1v) is 10.1. The summed E-state index contributed by atoms with van der Waals surface area (Å²) < 4.78 is 0. The van der Waals surface area contributed by atoms with Crippen LogP contribution < -0.4 is 5.43 Å². The molecule has 3 aromatic carbocycles. The van der Waals surface area contributed by atoms with E-state index in [2.05, 4.69) is 60.8 Å². The van der Waals surface area contributed by atoms with Crippen molar-refractivity contribution in [2.24, 2.45) is 11.0 Å². The van der Waals surface area contributed by atoms with Crippen molar-refractivity contribution in [1.82, 2.24) is 5.43 Å². The molecule has 1 fully saturated rings. The van der Waals surface area contributed by atoms with Crippen LogP contribution in [0.2, 0.25) is 0 Å². The first-order chi connectivity index (χ1) is 14.9. The Morgan fingerprint density at radius 2 is 1.61 bits per heavy atom. The van der Waals surface area contributed by atoms with E-state index in [9.17, 15) is 14.9 Å². The highest BCUT2D eigenvalue weighted by molar-refractivity contribution is 5.87. The Morgan fingerprint density at radius 1 is 1.03 bits per heavy atom. The van der Waals surface area contributed by atoms with Crippen LogP contribution in [0.15, 0.2) is 77.9 Å². The van der Waals surface area contributed by atoms with E-state index >= 15 is 0 Å². The van der Waals surface area contributed by atoms with Crippen molar-refractivity contribution >= 4 is 17.8 Å². The molecule has 1 unspecified atom stereocenters. The lowest BCUT2D eigenvalue weighted by atomic mass is 9.84. The van der Waals surface area contributed by atoms with Gasteiger partial charge in [-0.3, -0.25) is 14.9 Å². The van der Waals surface area contributed by atoms with Crippen LogP contribution in [-0.4, -0.2) is 17.0 Å². The predicted octanol–water partition coefficient (Wildman–Crippen LogP) is 4.67. The molecule has 156 valence electrons. The molecular formula is C25H23N3O3. The second-order valence-electron chi connectivity index (χ2n) is 8.05. The molecule has 3 aromatic rings. The Morgan fingerprint density at radius 3 is 2.13 bits per heavy atom. The molecule has 0 spiro atoms. The smallest absolute Gasteiger partial charge is 0.269 e. The summed E-state index contributed by atoms with van der Waals surface area (Å²) in [5.74, 6) is -0.355. The fourth-order valence-corrected chi connectivity index (χ4v) is 4.16. The summed E-state index contributed by atoms with van der Waals surface area (Å²) in [7, 11) is 0. The summed E-state index contributed by atoms with van der Waals surface area (Å²) in [6, 6.07) is 22.6. The van der Waals surface area contributed by atoms with Gasteiger partial charge < -0.3 is 0 Å². The van der Waals surface area contributed by atoms with Gasteiger partial charge in [-0.25, -0.2) is 5.43 Å². The van der Waals surface area contributed by atoms with Crippen LogP contribution in [0.4, 0.5) is 5.69 Å². The lowest BCUT2D eigenvalue weighted by molar-refractivity contribution is -0.384. The SMILES string of the molecule is Cc1cccc(C2(c3cccc(C)c3)CC2C(=O)NN=Cc2ccc([N+](=O)[O-])cc2)c1. The van der Waals surface area contributed by atoms with Gasteiger partial charge in [0.2, 0.25) is 5.91 Å². The van der Waals surface area contributed by atoms with Crippen LogP contribution in [0.1, 0.15) is 34.2 Å². The summed E-state index contributed by atoms with van der Waals surface area (Å²) in [6.45, 7) is 4.11. The molecule has 0 aromatic heterocycles. The molecule has 1 aliphatic carbocycles. The summed E-state index contributed by atoms with van der Waals surface area (Å²) in [5.41, 5.74) is 7.57. The Kier molecular flexibility index (Phi) is 5.38. The van der Waals surface area contributed by atoms with E-state index in [0.29, 0.717) is 5.56 Å².